The first kappa shape index (κ1) is 14.5. The number of rotatable bonds is 4. The van der Waals surface area contributed by atoms with Gasteiger partial charge >= 0.3 is 0 Å². The Hall–Kier alpha value is -1.88. The Kier molecular flexibility index (Phi) is 4.39. The third-order valence-corrected chi connectivity index (χ3v) is 3.53. The second-order valence-corrected chi connectivity index (χ2v) is 5.42. The fourth-order valence-electron chi connectivity index (χ4n) is 2.70. The van der Waals surface area contributed by atoms with E-state index in [9.17, 15) is 9.59 Å². The molecule has 2 rings (SSSR count). The van der Waals surface area contributed by atoms with Gasteiger partial charge in [0, 0.05) is 18.2 Å². The van der Waals surface area contributed by atoms with Crippen molar-refractivity contribution in [3.8, 4) is 0 Å². The van der Waals surface area contributed by atoms with Crippen molar-refractivity contribution in [3.05, 3.63) is 34.9 Å². The third kappa shape index (κ3) is 3.36. The molecule has 1 aromatic rings. The molecule has 1 saturated heterocycles. The quantitative estimate of drug-likeness (QED) is 0.844. The second kappa shape index (κ2) is 6.05. The molecule has 5 nitrogen and oxygen atoms in total. The molecule has 2 amide bonds. The van der Waals surface area contributed by atoms with E-state index in [4.69, 9.17) is 5.73 Å². The average molecular weight is 275 g/mol. The van der Waals surface area contributed by atoms with Crippen molar-refractivity contribution in [1.29, 1.82) is 0 Å². The largest absolute Gasteiger partial charge is 0.368 e. The second-order valence-electron chi connectivity index (χ2n) is 5.42. The fraction of sp³-hybridized carbons (Fsp3) is 0.467. The van der Waals surface area contributed by atoms with Gasteiger partial charge in [-0.3, -0.25) is 9.59 Å². The molecule has 1 fully saturated rings. The summed E-state index contributed by atoms with van der Waals surface area (Å²) < 4.78 is 0. The van der Waals surface area contributed by atoms with Crippen LogP contribution < -0.4 is 11.1 Å². The smallest absolute Gasteiger partial charge is 0.254 e. The Bertz CT molecular complexity index is 502. The van der Waals surface area contributed by atoms with Crippen LogP contribution in [0.25, 0.3) is 0 Å². The molecule has 0 aliphatic carbocycles. The van der Waals surface area contributed by atoms with Crippen molar-refractivity contribution in [1.82, 2.24) is 10.2 Å². The van der Waals surface area contributed by atoms with Crippen molar-refractivity contribution in [2.45, 2.75) is 26.3 Å². The van der Waals surface area contributed by atoms with Crippen molar-refractivity contribution < 1.29 is 9.59 Å². The van der Waals surface area contributed by atoms with Gasteiger partial charge in [0.25, 0.3) is 5.91 Å². The first-order valence-electron chi connectivity index (χ1n) is 6.85. The van der Waals surface area contributed by atoms with Crippen LogP contribution >= 0.6 is 0 Å². The van der Waals surface area contributed by atoms with Crippen molar-refractivity contribution in [2.24, 2.45) is 5.73 Å². The zero-order valence-electron chi connectivity index (χ0n) is 12.0. The van der Waals surface area contributed by atoms with Crippen LogP contribution in [-0.4, -0.2) is 42.4 Å². The minimum absolute atomic E-state index is 0.0296. The van der Waals surface area contributed by atoms with Gasteiger partial charge < -0.3 is 16.0 Å². The molecule has 5 heteroatoms. The molecule has 1 unspecified atom stereocenters. The van der Waals surface area contributed by atoms with Gasteiger partial charge in [-0.2, -0.15) is 0 Å². The molecule has 3 N–H and O–H groups in total. The monoisotopic (exact) mass is 275 g/mol. The van der Waals surface area contributed by atoms with Crippen molar-refractivity contribution in [3.63, 3.8) is 0 Å². The molecule has 1 heterocycles. The van der Waals surface area contributed by atoms with Crippen LogP contribution in [0.3, 0.4) is 0 Å². The van der Waals surface area contributed by atoms with Crippen LogP contribution in [-0.2, 0) is 4.79 Å². The normalized spacial score (nSPS) is 18.0. The summed E-state index contributed by atoms with van der Waals surface area (Å²) in [5.74, 6) is -0.598. The molecule has 0 aromatic heterocycles. The number of carbonyl (C=O) groups is 2. The molecule has 1 aromatic carbocycles. The van der Waals surface area contributed by atoms with Gasteiger partial charge in [0.05, 0.1) is 6.54 Å². The number of nitrogens with one attached hydrogen (secondary N) is 1. The van der Waals surface area contributed by atoms with E-state index >= 15 is 0 Å². The summed E-state index contributed by atoms with van der Waals surface area (Å²) in [7, 11) is 0. The lowest BCUT2D eigenvalue weighted by Gasteiger charge is -2.27. The fourth-order valence-corrected chi connectivity index (χ4v) is 2.70. The zero-order valence-corrected chi connectivity index (χ0v) is 12.0. The van der Waals surface area contributed by atoms with Crippen LogP contribution in [0.2, 0.25) is 0 Å². The van der Waals surface area contributed by atoms with Gasteiger partial charge in [-0.05, 0) is 38.9 Å². The Morgan fingerprint density at radius 3 is 2.45 bits per heavy atom. The molecule has 1 aliphatic rings. The number of nitrogens with two attached hydrogens (primary N) is 1. The number of primary amides is 1. The summed E-state index contributed by atoms with van der Waals surface area (Å²) in [6.07, 6.45) is 0.851. The number of carbonyl (C=O) groups excluding carboxylic acids is 2. The van der Waals surface area contributed by atoms with E-state index in [0.717, 1.165) is 24.1 Å². The highest BCUT2D eigenvalue weighted by Gasteiger charge is 2.28. The van der Waals surface area contributed by atoms with Crippen LogP contribution in [0.1, 0.15) is 27.9 Å². The lowest BCUT2D eigenvalue weighted by Crippen LogP contribution is -2.46. The summed E-state index contributed by atoms with van der Waals surface area (Å²) in [5, 5.41) is 3.21. The van der Waals surface area contributed by atoms with E-state index in [1.54, 1.807) is 4.90 Å². The molecule has 108 valence electrons. The molecule has 0 saturated carbocycles. The number of benzene rings is 1. The van der Waals surface area contributed by atoms with Crippen molar-refractivity contribution in [2.75, 3.05) is 19.6 Å². The minimum atomic E-state index is -0.477. The van der Waals surface area contributed by atoms with Gasteiger partial charge in [0.2, 0.25) is 5.91 Å². The molecule has 0 spiro atoms. The summed E-state index contributed by atoms with van der Waals surface area (Å²) >= 11 is 0. The van der Waals surface area contributed by atoms with Crippen LogP contribution in [0.5, 0.6) is 0 Å². The lowest BCUT2D eigenvalue weighted by molar-refractivity contribution is -0.119. The summed E-state index contributed by atoms with van der Waals surface area (Å²) in [6.45, 7) is 5.46. The van der Waals surface area contributed by atoms with Crippen molar-refractivity contribution >= 4 is 11.8 Å². The van der Waals surface area contributed by atoms with E-state index in [1.165, 1.54) is 0 Å². The molecule has 20 heavy (non-hydrogen) atoms. The van der Waals surface area contributed by atoms with E-state index in [1.807, 2.05) is 32.0 Å². The first-order valence-corrected chi connectivity index (χ1v) is 6.85. The maximum absolute atomic E-state index is 12.7. The van der Waals surface area contributed by atoms with Crippen LogP contribution in [0.4, 0.5) is 0 Å². The number of nitrogens with zero attached hydrogens (tertiary/aromatic N) is 1. The Labute approximate surface area is 119 Å². The van der Waals surface area contributed by atoms with E-state index in [0.29, 0.717) is 12.1 Å². The topological polar surface area (TPSA) is 75.4 Å². The maximum Gasteiger partial charge on any atom is 0.254 e. The number of aryl methyl sites for hydroxylation is 2. The SMILES string of the molecule is Cc1cc(C)cc(C(=O)N(CC(N)=O)C2CCNC2)c1. The lowest BCUT2D eigenvalue weighted by atomic mass is 10.1. The maximum atomic E-state index is 12.7. The first-order chi connectivity index (χ1) is 9.47. The summed E-state index contributed by atoms with van der Waals surface area (Å²) in [6, 6.07) is 5.76. The minimum Gasteiger partial charge on any atom is -0.368 e. The molecule has 0 radical (unpaired) electrons. The third-order valence-electron chi connectivity index (χ3n) is 3.53. The number of hydrogen-bond acceptors (Lipinski definition) is 3. The molecular weight excluding hydrogens is 254 g/mol. The highest BCUT2D eigenvalue weighted by atomic mass is 16.2. The molecule has 0 bridgehead atoms. The standard InChI is InChI=1S/C15H21N3O2/c1-10-5-11(2)7-12(6-10)15(20)18(9-14(16)19)13-3-4-17-8-13/h5-7,13,17H,3-4,8-9H2,1-2H3,(H2,16,19). The number of hydrogen-bond donors (Lipinski definition) is 2. The molecular formula is C15H21N3O2. The van der Waals surface area contributed by atoms with Gasteiger partial charge in [0.15, 0.2) is 0 Å². The Balaban J connectivity index is 2.26. The Morgan fingerprint density at radius 2 is 1.95 bits per heavy atom. The van der Waals surface area contributed by atoms with E-state index in [2.05, 4.69) is 5.32 Å². The Morgan fingerprint density at radius 1 is 1.30 bits per heavy atom. The van der Waals surface area contributed by atoms with Gasteiger partial charge in [0.1, 0.15) is 0 Å². The zero-order chi connectivity index (χ0) is 14.7. The highest BCUT2D eigenvalue weighted by Crippen LogP contribution is 2.16. The van der Waals surface area contributed by atoms with Gasteiger partial charge in [-0.25, -0.2) is 0 Å². The predicted octanol–water partition coefficient (Wildman–Crippen LogP) is 0.593. The molecule has 1 aliphatic heterocycles. The van der Waals surface area contributed by atoms with Gasteiger partial charge in [-0.1, -0.05) is 17.2 Å². The predicted molar refractivity (Wildman–Crippen MR) is 77.4 cm³/mol. The average Bonchev–Trinajstić information content (AvgIpc) is 2.87. The van der Waals surface area contributed by atoms with Crippen LogP contribution in [0, 0.1) is 13.8 Å². The summed E-state index contributed by atoms with van der Waals surface area (Å²) in [4.78, 5) is 25.5. The number of amides is 2. The van der Waals surface area contributed by atoms with Crippen LogP contribution in [0.15, 0.2) is 18.2 Å². The highest BCUT2D eigenvalue weighted by molar-refractivity contribution is 5.97. The summed E-state index contributed by atoms with van der Waals surface area (Å²) in [5.41, 5.74) is 7.98. The van der Waals surface area contributed by atoms with Gasteiger partial charge in [-0.15, -0.1) is 0 Å². The van der Waals surface area contributed by atoms with E-state index < -0.39 is 5.91 Å². The molecule has 1 atom stereocenters. The van der Waals surface area contributed by atoms with E-state index in [-0.39, 0.29) is 18.5 Å².